The van der Waals surface area contributed by atoms with Crippen LogP contribution in [0.4, 0.5) is 26.3 Å². The van der Waals surface area contributed by atoms with Crippen molar-refractivity contribution in [1.29, 1.82) is 0 Å². The van der Waals surface area contributed by atoms with Crippen molar-refractivity contribution in [2.75, 3.05) is 19.8 Å². The molecule has 0 spiro atoms. The molecule has 2 unspecified atom stereocenters. The lowest BCUT2D eigenvalue weighted by Gasteiger charge is -2.29. The molecular weight excluding hydrogens is 630 g/mol. The highest BCUT2D eigenvalue weighted by Crippen LogP contribution is 2.35. The largest absolute Gasteiger partial charge is 0.491 e. The summed E-state index contributed by atoms with van der Waals surface area (Å²) in [4.78, 5) is 0. The van der Waals surface area contributed by atoms with Gasteiger partial charge in [0.25, 0.3) is 0 Å². The van der Waals surface area contributed by atoms with E-state index in [2.05, 4.69) is 6.92 Å². The van der Waals surface area contributed by atoms with Crippen LogP contribution >= 0.6 is 0 Å². The number of alkyl halides is 2. The van der Waals surface area contributed by atoms with Crippen molar-refractivity contribution in [3.63, 3.8) is 0 Å². The highest BCUT2D eigenvalue weighted by atomic mass is 19.2. The van der Waals surface area contributed by atoms with Crippen molar-refractivity contribution in [3.05, 3.63) is 77.4 Å². The van der Waals surface area contributed by atoms with Crippen LogP contribution in [0.15, 0.2) is 48.5 Å². The maximum atomic E-state index is 14.7. The van der Waals surface area contributed by atoms with Crippen LogP contribution in [0.3, 0.4) is 0 Å². The third-order valence-corrected chi connectivity index (χ3v) is 9.19. The zero-order valence-corrected chi connectivity index (χ0v) is 28.0. The van der Waals surface area contributed by atoms with Gasteiger partial charge in [0.15, 0.2) is 23.1 Å². The number of unbranched alkanes of at least 4 members (excludes halogenated alkanes) is 4. The van der Waals surface area contributed by atoms with Gasteiger partial charge in [-0.2, -0.15) is 13.2 Å². The first-order valence-corrected chi connectivity index (χ1v) is 17.4. The highest BCUT2D eigenvalue weighted by molar-refractivity contribution is 5.65. The first-order chi connectivity index (χ1) is 23.2. The zero-order chi connectivity index (χ0) is 34.5. The summed E-state index contributed by atoms with van der Waals surface area (Å²) in [6.07, 6.45) is 9.23. The van der Waals surface area contributed by atoms with Crippen LogP contribution in [-0.4, -0.2) is 32.2 Å². The Labute approximate surface area is 281 Å². The number of rotatable bonds is 19. The summed E-state index contributed by atoms with van der Waals surface area (Å²) in [6.45, 7) is 3.15. The van der Waals surface area contributed by atoms with Gasteiger partial charge in [0.1, 0.15) is 25.6 Å². The molecule has 1 saturated carbocycles. The molecule has 4 rings (SSSR count). The molecule has 3 aromatic carbocycles. The zero-order valence-electron chi connectivity index (χ0n) is 28.0. The lowest BCUT2D eigenvalue weighted by atomic mass is 9.78. The van der Waals surface area contributed by atoms with Crippen molar-refractivity contribution < 1.29 is 40.6 Å². The van der Waals surface area contributed by atoms with Crippen LogP contribution in [0.1, 0.15) is 90.0 Å². The Hall–Kier alpha value is -3.36. The van der Waals surface area contributed by atoms with Gasteiger partial charge in [0.2, 0.25) is 17.5 Å². The Kier molecular flexibility index (Phi) is 14.8. The monoisotopic (exact) mass is 678 g/mol. The number of hydrogen-bond acceptors (Lipinski definition) is 3. The van der Waals surface area contributed by atoms with Crippen molar-refractivity contribution >= 4 is 0 Å². The van der Waals surface area contributed by atoms with Crippen LogP contribution in [0.2, 0.25) is 0 Å². The Balaban J connectivity index is 1.19. The first kappa shape index (κ1) is 37.5. The maximum absolute atomic E-state index is 14.7. The van der Waals surface area contributed by atoms with Gasteiger partial charge in [-0.05, 0) is 60.6 Å². The molecule has 3 aromatic rings. The summed E-state index contributed by atoms with van der Waals surface area (Å²) in [5, 5.41) is 0. The molecule has 0 N–H and O–H groups in total. The van der Waals surface area contributed by atoms with E-state index in [-0.39, 0.29) is 36.9 Å². The molecule has 0 bridgehead atoms. The van der Waals surface area contributed by atoms with Gasteiger partial charge in [-0.25, -0.2) is 13.2 Å². The van der Waals surface area contributed by atoms with Gasteiger partial charge in [0.05, 0.1) is 6.61 Å². The summed E-state index contributed by atoms with van der Waals surface area (Å²) >= 11 is 0. The molecule has 1 aliphatic rings. The Morgan fingerprint density at radius 1 is 0.604 bits per heavy atom. The van der Waals surface area contributed by atoms with Crippen molar-refractivity contribution in [1.82, 2.24) is 0 Å². The van der Waals surface area contributed by atoms with E-state index in [1.807, 2.05) is 0 Å². The van der Waals surface area contributed by atoms with E-state index in [0.717, 1.165) is 43.7 Å². The second-order valence-electron chi connectivity index (χ2n) is 12.9. The first-order valence-electron chi connectivity index (χ1n) is 17.4. The van der Waals surface area contributed by atoms with Gasteiger partial charge < -0.3 is 14.2 Å². The third-order valence-electron chi connectivity index (χ3n) is 9.19. The lowest BCUT2D eigenvalue weighted by molar-refractivity contribution is 0.141. The fourth-order valence-corrected chi connectivity index (χ4v) is 6.48. The average molecular weight is 679 g/mol. The molecule has 0 heterocycles. The summed E-state index contributed by atoms with van der Waals surface area (Å²) in [6, 6.07) is 11.3. The van der Waals surface area contributed by atoms with Crippen LogP contribution in [-0.2, 0) is 6.42 Å². The lowest BCUT2D eigenvalue weighted by Crippen LogP contribution is -2.22. The van der Waals surface area contributed by atoms with E-state index in [1.165, 1.54) is 50.7 Å². The van der Waals surface area contributed by atoms with Gasteiger partial charge in [-0.3, -0.25) is 0 Å². The summed E-state index contributed by atoms with van der Waals surface area (Å²) in [5.41, 5.74) is 0.981. The van der Waals surface area contributed by atoms with E-state index < -0.39 is 53.7 Å². The molecule has 1 fully saturated rings. The van der Waals surface area contributed by atoms with E-state index in [9.17, 15) is 26.3 Å². The minimum Gasteiger partial charge on any atom is -0.491 e. The van der Waals surface area contributed by atoms with Gasteiger partial charge >= 0.3 is 0 Å². The topological polar surface area (TPSA) is 27.7 Å². The predicted molar refractivity (Wildman–Crippen MR) is 177 cm³/mol. The number of ether oxygens (including phenoxy) is 3. The molecule has 3 nitrogen and oxygen atoms in total. The third kappa shape index (κ3) is 10.8. The highest BCUT2D eigenvalue weighted by Gasteiger charge is 2.25. The summed E-state index contributed by atoms with van der Waals surface area (Å²) < 4.78 is 103. The number of hydrogen-bond donors (Lipinski definition) is 0. The molecular formula is C39H48F6O3. The predicted octanol–water partition coefficient (Wildman–Crippen LogP) is 11.5. The molecule has 0 amide bonds. The molecule has 0 aromatic heterocycles. The second-order valence-corrected chi connectivity index (χ2v) is 12.9. The van der Waals surface area contributed by atoms with Gasteiger partial charge in [0, 0.05) is 12.0 Å². The SMILES string of the molecule is CCCCCCCC1CCC(CC(F)COc2ccc(OCC(F)Cc3ccc(-c4ccc(OCC)c(F)c4F)cc3)c(F)c2F)CC1. The van der Waals surface area contributed by atoms with E-state index in [0.29, 0.717) is 17.5 Å². The second kappa shape index (κ2) is 19.0. The fourth-order valence-electron chi connectivity index (χ4n) is 6.48. The van der Waals surface area contributed by atoms with Crippen LogP contribution in [0.25, 0.3) is 11.1 Å². The quantitative estimate of drug-likeness (QED) is 0.0933. The molecule has 2 atom stereocenters. The van der Waals surface area contributed by atoms with Crippen molar-refractivity contribution in [2.45, 2.75) is 103 Å². The average Bonchev–Trinajstić information content (AvgIpc) is 3.08. The van der Waals surface area contributed by atoms with Gasteiger partial charge in [-0.1, -0.05) is 95.4 Å². The smallest absolute Gasteiger partial charge is 0.204 e. The van der Waals surface area contributed by atoms with E-state index in [1.54, 1.807) is 31.2 Å². The fraction of sp³-hybridized carbons (Fsp3) is 0.538. The van der Waals surface area contributed by atoms with Crippen molar-refractivity contribution in [3.8, 4) is 28.4 Å². The Morgan fingerprint density at radius 3 is 1.77 bits per heavy atom. The molecule has 1 aliphatic carbocycles. The number of halogens is 6. The standard InChI is InChI=1S/C39H48F6O3/c1-3-5-6-7-8-9-26-10-12-27(13-11-26)22-30(40)24-47-34-20-21-35(39(45)38(34)44)48-25-31(41)23-28-14-16-29(17-15-28)32-18-19-33(46-4-2)37(43)36(32)42/h14-21,26-27,30-31H,3-13,22-25H2,1-2H3. The van der Waals surface area contributed by atoms with Gasteiger partial charge in [-0.15, -0.1) is 0 Å². The van der Waals surface area contributed by atoms with E-state index in [4.69, 9.17) is 14.2 Å². The normalized spacial score (nSPS) is 17.6. The molecule has 0 aliphatic heterocycles. The molecule has 264 valence electrons. The van der Waals surface area contributed by atoms with E-state index >= 15 is 0 Å². The van der Waals surface area contributed by atoms with Crippen LogP contribution in [0.5, 0.6) is 17.2 Å². The molecule has 0 radical (unpaired) electrons. The van der Waals surface area contributed by atoms with Crippen LogP contribution in [0, 0.1) is 35.1 Å². The molecule has 0 saturated heterocycles. The number of benzene rings is 3. The molecule has 9 heteroatoms. The maximum Gasteiger partial charge on any atom is 0.204 e. The van der Waals surface area contributed by atoms with Crippen LogP contribution < -0.4 is 14.2 Å². The Bertz CT molecular complexity index is 1410. The van der Waals surface area contributed by atoms with Crippen molar-refractivity contribution in [2.24, 2.45) is 11.8 Å². The minimum absolute atomic E-state index is 0.0376. The molecule has 48 heavy (non-hydrogen) atoms. The summed E-state index contributed by atoms with van der Waals surface area (Å²) in [7, 11) is 0. The Morgan fingerprint density at radius 2 is 1.15 bits per heavy atom. The summed E-state index contributed by atoms with van der Waals surface area (Å²) in [5.74, 6) is -4.86. The minimum atomic E-state index is -1.57.